The fraction of sp³-hybridized carbons (Fsp3) is 0.769. The van der Waals surface area contributed by atoms with E-state index < -0.39 is 30.3 Å². The van der Waals surface area contributed by atoms with E-state index in [0.29, 0.717) is 13.1 Å². The third-order valence-electron chi connectivity index (χ3n) is 3.55. The Morgan fingerprint density at radius 3 is 2.33 bits per heavy atom. The lowest BCUT2D eigenvalue weighted by Crippen LogP contribution is -2.65. The number of carbonyl (C=O) groups is 3. The van der Waals surface area contributed by atoms with Crippen molar-refractivity contribution in [1.29, 1.82) is 0 Å². The normalized spacial score (nSPS) is 28.8. The Hall–Kier alpha value is -1.67. The number of hydrogen-bond donors (Lipinski definition) is 3. The minimum absolute atomic E-state index is 0.0440. The van der Waals surface area contributed by atoms with Crippen molar-refractivity contribution >= 4 is 17.8 Å². The number of ether oxygens (including phenoxy) is 1. The summed E-state index contributed by atoms with van der Waals surface area (Å²) < 4.78 is 5.39. The van der Waals surface area contributed by atoms with Crippen molar-refractivity contribution in [3.63, 3.8) is 0 Å². The van der Waals surface area contributed by atoms with Crippen LogP contribution < -0.4 is 11.1 Å². The molecular weight excluding hydrogens is 278 g/mol. The lowest BCUT2D eigenvalue weighted by molar-refractivity contribution is -0.172. The summed E-state index contributed by atoms with van der Waals surface area (Å²) in [5.41, 5.74) is 5.94. The van der Waals surface area contributed by atoms with Crippen molar-refractivity contribution in [2.24, 2.45) is 5.73 Å². The Morgan fingerprint density at radius 1 is 1.33 bits per heavy atom. The van der Waals surface area contributed by atoms with E-state index in [2.05, 4.69) is 5.32 Å². The Bertz CT molecular complexity index is 411. The number of nitrogens with one attached hydrogen (secondary N) is 1. The molecule has 0 saturated carbocycles. The van der Waals surface area contributed by atoms with Crippen LogP contribution in [0.1, 0.15) is 27.2 Å². The lowest BCUT2D eigenvalue weighted by Gasteiger charge is -2.40. The fourth-order valence-corrected chi connectivity index (χ4v) is 2.44. The molecule has 4 atom stereocenters. The molecule has 1 aliphatic heterocycles. The van der Waals surface area contributed by atoms with Gasteiger partial charge in [-0.3, -0.25) is 9.59 Å². The molecule has 0 aromatic rings. The van der Waals surface area contributed by atoms with Crippen LogP contribution in [0.4, 0.5) is 0 Å². The maximum absolute atomic E-state index is 12.5. The van der Waals surface area contributed by atoms with Gasteiger partial charge in [-0.1, -0.05) is 0 Å². The van der Waals surface area contributed by atoms with Crippen LogP contribution in [0.3, 0.4) is 0 Å². The molecule has 1 aliphatic rings. The highest BCUT2D eigenvalue weighted by molar-refractivity contribution is 5.84. The second-order valence-corrected chi connectivity index (χ2v) is 5.02. The van der Waals surface area contributed by atoms with E-state index in [-0.39, 0.29) is 18.2 Å². The Labute approximate surface area is 123 Å². The summed E-state index contributed by atoms with van der Waals surface area (Å²) in [5.74, 6) is -1.87. The average Bonchev–Trinajstić information content (AvgIpc) is 2.41. The summed E-state index contributed by atoms with van der Waals surface area (Å²) in [4.78, 5) is 36.4. The number of rotatable bonds is 5. The average molecular weight is 301 g/mol. The van der Waals surface area contributed by atoms with Gasteiger partial charge in [-0.05, 0) is 13.8 Å². The van der Waals surface area contributed by atoms with Crippen LogP contribution in [0.5, 0.6) is 0 Å². The van der Waals surface area contributed by atoms with Crippen LogP contribution in [-0.4, -0.2) is 65.2 Å². The van der Waals surface area contributed by atoms with E-state index in [0.717, 1.165) is 0 Å². The zero-order valence-electron chi connectivity index (χ0n) is 12.5. The van der Waals surface area contributed by atoms with Gasteiger partial charge in [-0.25, -0.2) is 4.79 Å². The zero-order chi connectivity index (χ0) is 16.2. The largest absolute Gasteiger partial charge is 0.479 e. The van der Waals surface area contributed by atoms with Crippen molar-refractivity contribution in [2.45, 2.75) is 51.5 Å². The topological polar surface area (TPSA) is 122 Å². The van der Waals surface area contributed by atoms with E-state index >= 15 is 0 Å². The molecule has 21 heavy (non-hydrogen) atoms. The maximum Gasteiger partial charge on any atom is 0.332 e. The molecule has 0 aliphatic carbocycles. The molecule has 1 fully saturated rings. The van der Waals surface area contributed by atoms with Crippen LogP contribution in [-0.2, 0) is 19.1 Å². The van der Waals surface area contributed by atoms with Gasteiger partial charge < -0.3 is 25.8 Å². The monoisotopic (exact) mass is 301 g/mol. The van der Waals surface area contributed by atoms with Gasteiger partial charge in [0, 0.05) is 32.5 Å². The molecule has 0 bridgehead atoms. The second kappa shape index (κ2) is 7.37. The molecule has 1 rings (SSSR count). The molecule has 0 radical (unpaired) electrons. The zero-order valence-corrected chi connectivity index (χ0v) is 12.5. The number of likely N-dealkylation sites (N-methyl/N-ethyl adjacent to an activating group) is 1. The number of aliphatic carboxylic acids is 1. The minimum atomic E-state index is -1.16. The van der Waals surface area contributed by atoms with Gasteiger partial charge in [0.25, 0.3) is 5.91 Å². The summed E-state index contributed by atoms with van der Waals surface area (Å²) in [6, 6.07) is -1.39. The predicted octanol–water partition coefficient (Wildman–Crippen LogP) is -1.07. The van der Waals surface area contributed by atoms with Gasteiger partial charge in [0.05, 0.1) is 6.04 Å². The standard InChI is InChI=1S/C13H23N3O5/c1-4-16(5-2)12(18)11-10(15-7(3)17)8(14)6-9(21-11)13(19)20/h8-11H,4-6,14H2,1-3H3,(H,15,17)(H,19,20)/t8-,9+,10+,11+/m0/s1. The Balaban J connectivity index is 3.01. The van der Waals surface area contributed by atoms with Crippen molar-refractivity contribution in [3.8, 4) is 0 Å². The molecule has 0 spiro atoms. The predicted molar refractivity (Wildman–Crippen MR) is 74.4 cm³/mol. The van der Waals surface area contributed by atoms with E-state index in [1.165, 1.54) is 11.8 Å². The van der Waals surface area contributed by atoms with Gasteiger partial charge in [0.2, 0.25) is 5.91 Å². The number of nitrogens with two attached hydrogens (primary N) is 1. The highest BCUT2D eigenvalue weighted by atomic mass is 16.5. The summed E-state index contributed by atoms with van der Waals surface area (Å²) in [5, 5.41) is 11.7. The maximum atomic E-state index is 12.5. The van der Waals surface area contributed by atoms with Crippen LogP contribution in [0.2, 0.25) is 0 Å². The number of hydrogen-bond acceptors (Lipinski definition) is 5. The number of carboxylic acids is 1. The third kappa shape index (κ3) is 4.15. The first-order valence-electron chi connectivity index (χ1n) is 7.01. The van der Waals surface area contributed by atoms with Gasteiger partial charge in [-0.2, -0.15) is 0 Å². The van der Waals surface area contributed by atoms with E-state index in [1.807, 2.05) is 13.8 Å². The molecular formula is C13H23N3O5. The van der Waals surface area contributed by atoms with Crippen molar-refractivity contribution in [3.05, 3.63) is 0 Å². The summed E-state index contributed by atoms with van der Waals surface area (Å²) in [6.45, 7) is 5.87. The summed E-state index contributed by atoms with van der Waals surface area (Å²) in [7, 11) is 0. The molecule has 0 aromatic carbocycles. The van der Waals surface area contributed by atoms with Gasteiger partial charge in [0.1, 0.15) is 0 Å². The molecule has 1 saturated heterocycles. The first-order valence-corrected chi connectivity index (χ1v) is 7.01. The molecule has 0 unspecified atom stereocenters. The third-order valence-corrected chi connectivity index (χ3v) is 3.55. The number of carboxylic acid groups (broad SMARTS) is 1. The molecule has 2 amide bonds. The minimum Gasteiger partial charge on any atom is -0.479 e. The highest BCUT2D eigenvalue weighted by Crippen LogP contribution is 2.21. The summed E-state index contributed by atoms with van der Waals surface area (Å²) in [6.07, 6.45) is -2.18. The van der Waals surface area contributed by atoms with Crippen LogP contribution in [0.15, 0.2) is 0 Å². The van der Waals surface area contributed by atoms with Crippen molar-refractivity contribution in [1.82, 2.24) is 10.2 Å². The number of amides is 2. The lowest BCUT2D eigenvalue weighted by atomic mass is 9.92. The first-order chi connectivity index (χ1) is 9.81. The number of nitrogens with zero attached hydrogens (tertiary/aromatic N) is 1. The van der Waals surface area contributed by atoms with E-state index in [1.54, 1.807) is 0 Å². The van der Waals surface area contributed by atoms with Crippen LogP contribution in [0.25, 0.3) is 0 Å². The molecule has 120 valence electrons. The van der Waals surface area contributed by atoms with E-state index in [9.17, 15) is 14.4 Å². The Kier molecular flexibility index (Phi) is 6.10. The van der Waals surface area contributed by atoms with Gasteiger partial charge in [-0.15, -0.1) is 0 Å². The van der Waals surface area contributed by atoms with Gasteiger partial charge >= 0.3 is 5.97 Å². The summed E-state index contributed by atoms with van der Waals surface area (Å²) >= 11 is 0. The quantitative estimate of drug-likeness (QED) is 0.594. The van der Waals surface area contributed by atoms with Crippen LogP contribution >= 0.6 is 0 Å². The Morgan fingerprint density at radius 2 is 1.90 bits per heavy atom. The smallest absolute Gasteiger partial charge is 0.332 e. The molecule has 8 nitrogen and oxygen atoms in total. The molecule has 4 N–H and O–H groups in total. The molecule has 0 aromatic heterocycles. The number of carbonyl (C=O) groups excluding carboxylic acids is 2. The SMILES string of the molecule is CCN(CC)C(=O)[C@@H]1O[C@@H](C(=O)O)C[C@H](N)[C@H]1NC(C)=O. The second-order valence-electron chi connectivity index (χ2n) is 5.02. The van der Waals surface area contributed by atoms with Crippen molar-refractivity contribution < 1.29 is 24.2 Å². The highest BCUT2D eigenvalue weighted by Gasteiger charge is 2.44. The first kappa shape index (κ1) is 17.4. The van der Waals surface area contributed by atoms with Crippen molar-refractivity contribution in [2.75, 3.05) is 13.1 Å². The molecule has 8 heteroatoms. The van der Waals surface area contributed by atoms with Crippen LogP contribution in [0, 0.1) is 0 Å². The molecule has 1 heterocycles. The fourth-order valence-electron chi connectivity index (χ4n) is 2.44. The van der Waals surface area contributed by atoms with E-state index in [4.69, 9.17) is 15.6 Å². The van der Waals surface area contributed by atoms with Gasteiger partial charge in [0.15, 0.2) is 12.2 Å².